The fourth-order valence-corrected chi connectivity index (χ4v) is 3.73. The van der Waals surface area contributed by atoms with Crippen LogP contribution in [0.4, 0.5) is 0 Å². The van der Waals surface area contributed by atoms with Gasteiger partial charge in [0.2, 0.25) is 5.91 Å². The Morgan fingerprint density at radius 2 is 1.93 bits per heavy atom. The minimum absolute atomic E-state index is 0.0505. The summed E-state index contributed by atoms with van der Waals surface area (Å²) in [7, 11) is 3.16. The number of nitrogens with one attached hydrogen (secondary N) is 1. The van der Waals surface area contributed by atoms with Crippen molar-refractivity contribution in [1.29, 1.82) is 0 Å². The van der Waals surface area contributed by atoms with Crippen LogP contribution in [0.3, 0.4) is 0 Å². The van der Waals surface area contributed by atoms with Crippen LogP contribution in [-0.2, 0) is 4.79 Å². The molecule has 2 aromatic carbocycles. The number of thioether (sulfide) groups is 1. The molecule has 150 valence electrons. The quantitative estimate of drug-likeness (QED) is 0.563. The maximum absolute atomic E-state index is 12.8. The second-order valence-corrected chi connectivity index (χ2v) is 7.69. The highest BCUT2D eigenvalue weighted by atomic mass is 32.2. The molecule has 1 heterocycles. The van der Waals surface area contributed by atoms with E-state index in [-0.39, 0.29) is 11.9 Å². The molecule has 1 amide bonds. The van der Waals surface area contributed by atoms with Crippen LogP contribution in [0.1, 0.15) is 23.7 Å². The van der Waals surface area contributed by atoms with Crippen molar-refractivity contribution in [2.24, 2.45) is 0 Å². The van der Waals surface area contributed by atoms with Crippen LogP contribution in [0.25, 0.3) is 11.5 Å². The predicted octanol–water partition coefficient (Wildman–Crippen LogP) is 3.87. The molecule has 3 aromatic rings. The van der Waals surface area contributed by atoms with E-state index >= 15 is 0 Å². The Morgan fingerprint density at radius 1 is 1.14 bits per heavy atom. The van der Waals surface area contributed by atoms with Crippen molar-refractivity contribution in [3.05, 3.63) is 54.1 Å². The maximum Gasteiger partial charge on any atom is 0.277 e. The van der Waals surface area contributed by atoms with E-state index in [1.807, 2.05) is 30.3 Å². The Hall–Kier alpha value is -3.00. The van der Waals surface area contributed by atoms with Gasteiger partial charge in [-0.2, -0.15) is 0 Å². The Kier molecular flexibility index (Phi) is 5.71. The van der Waals surface area contributed by atoms with Crippen LogP contribution in [0.2, 0.25) is 0 Å². The zero-order valence-electron chi connectivity index (χ0n) is 16.1. The van der Waals surface area contributed by atoms with Crippen molar-refractivity contribution >= 4 is 17.7 Å². The summed E-state index contributed by atoms with van der Waals surface area (Å²) in [6, 6.07) is 15.2. The monoisotopic (exact) mass is 411 g/mol. The average Bonchev–Trinajstić information content (AvgIpc) is 3.46. The minimum atomic E-state index is -0.470. The lowest BCUT2D eigenvalue weighted by Crippen LogP contribution is -2.29. The first-order chi connectivity index (χ1) is 14.2. The first-order valence-corrected chi connectivity index (χ1v) is 10.1. The van der Waals surface area contributed by atoms with Gasteiger partial charge in [0.15, 0.2) is 0 Å². The van der Waals surface area contributed by atoms with E-state index < -0.39 is 5.25 Å². The smallest absolute Gasteiger partial charge is 0.277 e. The average molecular weight is 411 g/mol. The number of hydrogen-bond donors (Lipinski definition) is 1. The van der Waals surface area contributed by atoms with Gasteiger partial charge >= 0.3 is 0 Å². The molecule has 4 rings (SSSR count). The molecule has 0 saturated heterocycles. The number of nitrogens with zero attached hydrogens (tertiary/aromatic N) is 2. The van der Waals surface area contributed by atoms with E-state index in [0.717, 1.165) is 18.4 Å². The minimum Gasteiger partial charge on any atom is -0.497 e. The van der Waals surface area contributed by atoms with E-state index in [2.05, 4.69) is 15.5 Å². The zero-order chi connectivity index (χ0) is 20.2. The van der Waals surface area contributed by atoms with Gasteiger partial charge in [0.05, 0.1) is 19.8 Å². The lowest BCUT2D eigenvalue weighted by molar-refractivity contribution is -0.120. The number of carbonyl (C=O) groups excluding carboxylic acids is 1. The Bertz CT molecular complexity index is 989. The van der Waals surface area contributed by atoms with Gasteiger partial charge in [-0.25, -0.2) is 0 Å². The Morgan fingerprint density at radius 3 is 2.62 bits per heavy atom. The molecule has 0 radical (unpaired) electrons. The van der Waals surface area contributed by atoms with Gasteiger partial charge in [-0.3, -0.25) is 4.79 Å². The topological polar surface area (TPSA) is 86.5 Å². The number of amides is 1. The number of rotatable bonds is 8. The SMILES string of the molecule is COc1ccc(-c2nnc(SC(C(=O)NC3CC3)c3ccccc3)o2)c(OC)c1. The van der Waals surface area contributed by atoms with Crippen molar-refractivity contribution in [3.63, 3.8) is 0 Å². The fourth-order valence-electron chi connectivity index (χ4n) is 2.85. The molecular weight excluding hydrogens is 390 g/mol. The molecule has 1 atom stereocenters. The van der Waals surface area contributed by atoms with Crippen LogP contribution >= 0.6 is 11.8 Å². The first kappa shape index (κ1) is 19.3. The molecule has 1 saturated carbocycles. The van der Waals surface area contributed by atoms with Crippen molar-refractivity contribution < 1.29 is 18.7 Å². The summed E-state index contributed by atoms with van der Waals surface area (Å²) in [5.41, 5.74) is 1.55. The molecule has 1 unspecified atom stereocenters. The molecule has 1 aromatic heterocycles. The number of carbonyl (C=O) groups is 1. The van der Waals surface area contributed by atoms with Gasteiger partial charge in [-0.15, -0.1) is 10.2 Å². The molecule has 1 aliphatic carbocycles. The third-order valence-corrected chi connectivity index (χ3v) is 5.62. The van der Waals surface area contributed by atoms with E-state index in [0.29, 0.717) is 28.2 Å². The second-order valence-electron chi connectivity index (χ2n) is 6.63. The van der Waals surface area contributed by atoms with Crippen LogP contribution < -0.4 is 14.8 Å². The van der Waals surface area contributed by atoms with Gasteiger partial charge < -0.3 is 19.2 Å². The van der Waals surface area contributed by atoms with Gasteiger partial charge in [0.1, 0.15) is 16.7 Å². The third-order valence-electron chi connectivity index (χ3n) is 4.53. The van der Waals surface area contributed by atoms with Crippen LogP contribution in [0.15, 0.2) is 58.2 Å². The summed E-state index contributed by atoms with van der Waals surface area (Å²) >= 11 is 1.24. The molecule has 1 fully saturated rings. The number of methoxy groups -OCH3 is 2. The molecule has 0 bridgehead atoms. The highest BCUT2D eigenvalue weighted by molar-refractivity contribution is 8.00. The van der Waals surface area contributed by atoms with Crippen LogP contribution in [-0.4, -0.2) is 36.4 Å². The largest absolute Gasteiger partial charge is 0.497 e. The summed E-state index contributed by atoms with van der Waals surface area (Å²) in [4.78, 5) is 12.8. The number of ether oxygens (including phenoxy) is 2. The molecule has 0 spiro atoms. The Labute approximate surface area is 172 Å². The van der Waals surface area contributed by atoms with Crippen molar-refractivity contribution in [3.8, 4) is 23.0 Å². The zero-order valence-corrected chi connectivity index (χ0v) is 16.9. The first-order valence-electron chi connectivity index (χ1n) is 9.26. The molecule has 1 N–H and O–H groups in total. The molecular formula is C21H21N3O4S. The van der Waals surface area contributed by atoms with Gasteiger partial charge in [-0.05, 0) is 42.3 Å². The van der Waals surface area contributed by atoms with E-state index in [9.17, 15) is 4.79 Å². The number of aromatic nitrogens is 2. The van der Waals surface area contributed by atoms with E-state index in [4.69, 9.17) is 13.9 Å². The van der Waals surface area contributed by atoms with Crippen LogP contribution in [0.5, 0.6) is 11.5 Å². The highest BCUT2D eigenvalue weighted by Gasteiger charge is 2.30. The fraction of sp³-hybridized carbons (Fsp3) is 0.286. The Balaban J connectivity index is 1.58. The molecule has 0 aliphatic heterocycles. The number of benzene rings is 2. The van der Waals surface area contributed by atoms with Crippen molar-refractivity contribution in [1.82, 2.24) is 15.5 Å². The highest BCUT2D eigenvalue weighted by Crippen LogP contribution is 2.38. The van der Waals surface area contributed by atoms with Crippen LogP contribution in [0, 0.1) is 0 Å². The van der Waals surface area contributed by atoms with Crippen molar-refractivity contribution in [2.45, 2.75) is 29.4 Å². The summed E-state index contributed by atoms with van der Waals surface area (Å²) < 4.78 is 16.5. The molecule has 8 heteroatoms. The second kappa shape index (κ2) is 8.57. The summed E-state index contributed by atoms with van der Waals surface area (Å²) in [5.74, 6) is 1.50. The van der Waals surface area contributed by atoms with Crippen molar-refractivity contribution in [2.75, 3.05) is 14.2 Å². The van der Waals surface area contributed by atoms with E-state index in [1.165, 1.54) is 11.8 Å². The molecule has 1 aliphatic rings. The normalized spacial score (nSPS) is 14.3. The van der Waals surface area contributed by atoms with Gasteiger partial charge in [0.25, 0.3) is 11.1 Å². The standard InChI is InChI=1S/C21H21N3O4S/c1-26-15-10-11-16(17(12-15)27-2)20-23-24-21(28-20)29-18(13-6-4-3-5-7-13)19(25)22-14-8-9-14/h3-7,10-12,14,18H,8-9H2,1-2H3,(H,22,25). The summed E-state index contributed by atoms with van der Waals surface area (Å²) in [5, 5.41) is 11.2. The predicted molar refractivity (Wildman–Crippen MR) is 109 cm³/mol. The van der Waals surface area contributed by atoms with Gasteiger partial charge in [0, 0.05) is 12.1 Å². The molecule has 7 nitrogen and oxygen atoms in total. The van der Waals surface area contributed by atoms with Gasteiger partial charge in [-0.1, -0.05) is 30.3 Å². The maximum atomic E-state index is 12.8. The molecule has 29 heavy (non-hydrogen) atoms. The third kappa shape index (κ3) is 4.54. The summed E-state index contributed by atoms with van der Waals surface area (Å²) in [6.07, 6.45) is 2.06. The van der Waals surface area contributed by atoms with E-state index in [1.54, 1.807) is 32.4 Å². The lowest BCUT2D eigenvalue weighted by atomic mass is 10.1. The number of hydrogen-bond acceptors (Lipinski definition) is 7. The summed E-state index contributed by atoms with van der Waals surface area (Å²) in [6.45, 7) is 0. The lowest BCUT2D eigenvalue weighted by Gasteiger charge is -2.14.